The Labute approximate surface area is 140 Å². The number of carbonyl (C=O) groups excluding carboxylic acids is 1. The maximum Gasteiger partial charge on any atom is 0.273 e. The van der Waals surface area contributed by atoms with Crippen LogP contribution in [0.25, 0.3) is 5.69 Å². The van der Waals surface area contributed by atoms with Crippen LogP contribution in [0, 0.1) is 11.8 Å². The molecule has 1 aromatic carbocycles. The monoisotopic (exact) mass is 324 g/mol. The van der Waals surface area contributed by atoms with Crippen molar-refractivity contribution in [3.05, 3.63) is 41.7 Å². The summed E-state index contributed by atoms with van der Waals surface area (Å²) in [6, 6.07) is 8.09. The van der Waals surface area contributed by atoms with E-state index in [9.17, 15) is 4.79 Å². The van der Waals surface area contributed by atoms with Crippen molar-refractivity contribution in [3.63, 3.8) is 0 Å². The molecule has 1 amide bonds. The standard InChI is InChI=1S/C18H20N4O2/c1-24-13-4-2-12(3-5-13)22-16-11(8-20-22)6-7-21(18(16)23)17-14-9-19-10-15(14)17/h2-5,8,14-15,17,19H,6-7,9-10H2,1H3. The second-order valence-electron chi connectivity index (χ2n) is 6.85. The second kappa shape index (κ2) is 5.08. The van der Waals surface area contributed by atoms with Gasteiger partial charge in [0.2, 0.25) is 0 Å². The summed E-state index contributed by atoms with van der Waals surface area (Å²) >= 11 is 0. The number of aromatic nitrogens is 2. The number of benzene rings is 1. The Hall–Kier alpha value is -2.34. The van der Waals surface area contributed by atoms with Crippen LogP contribution < -0.4 is 10.1 Å². The molecule has 24 heavy (non-hydrogen) atoms. The fourth-order valence-electron chi connectivity index (χ4n) is 4.32. The molecular formula is C18H20N4O2. The third-order valence-corrected chi connectivity index (χ3v) is 5.65. The summed E-state index contributed by atoms with van der Waals surface area (Å²) in [6.07, 6.45) is 2.73. The Kier molecular flexibility index (Phi) is 2.97. The number of ether oxygens (including phenoxy) is 1. The van der Waals surface area contributed by atoms with E-state index in [1.165, 1.54) is 0 Å². The van der Waals surface area contributed by atoms with Crippen molar-refractivity contribution in [2.24, 2.45) is 11.8 Å². The topological polar surface area (TPSA) is 59.4 Å². The summed E-state index contributed by atoms with van der Waals surface area (Å²) in [5.41, 5.74) is 2.67. The molecule has 2 aromatic rings. The van der Waals surface area contributed by atoms with Crippen LogP contribution in [0.3, 0.4) is 0 Å². The van der Waals surface area contributed by atoms with E-state index in [1.54, 1.807) is 11.8 Å². The van der Waals surface area contributed by atoms with Gasteiger partial charge in [-0.25, -0.2) is 4.68 Å². The molecule has 6 nitrogen and oxygen atoms in total. The molecule has 5 rings (SSSR count). The first-order chi connectivity index (χ1) is 11.8. The summed E-state index contributed by atoms with van der Waals surface area (Å²) in [7, 11) is 1.65. The molecule has 3 aliphatic rings. The first-order valence-electron chi connectivity index (χ1n) is 8.51. The van der Waals surface area contributed by atoms with Crippen LogP contribution in [0.1, 0.15) is 16.1 Å². The number of hydrogen-bond acceptors (Lipinski definition) is 4. The van der Waals surface area contributed by atoms with Gasteiger partial charge in [0.1, 0.15) is 11.4 Å². The molecule has 6 heteroatoms. The Bertz CT molecular complexity index is 788. The van der Waals surface area contributed by atoms with E-state index in [2.05, 4.69) is 15.3 Å². The molecule has 1 aromatic heterocycles. The molecule has 0 spiro atoms. The van der Waals surface area contributed by atoms with Crippen LogP contribution in [-0.2, 0) is 6.42 Å². The highest BCUT2D eigenvalue weighted by molar-refractivity contribution is 5.96. The van der Waals surface area contributed by atoms with Gasteiger partial charge >= 0.3 is 0 Å². The van der Waals surface area contributed by atoms with E-state index < -0.39 is 0 Å². The highest BCUT2D eigenvalue weighted by Crippen LogP contribution is 2.47. The molecule has 0 radical (unpaired) electrons. The number of nitrogens with zero attached hydrogens (tertiary/aromatic N) is 3. The number of hydrogen-bond donors (Lipinski definition) is 1. The van der Waals surface area contributed by atoms with E-state index in [1.807, 2.05) is 30.5 Å². The zero-order valence-corrected chi connectivity index (χ0v) is 13.6. The van der Waals surface area contributed by atoms with Gasteiger partial charge in [-0.3, -0.25) is 4.79 Å². The van der Waals surface area contributed by atoms with Crippen LogP contribution in [0.5, 0.6) is 5.75 Å². The Morgan fingerprint density at radius 2 is 1.96 bits per heavy atom. The number of fused-ring (bicyclic) bond motifs is 2. The number of methoxy groups -OCH3 is 1. The average Bonchev–Trinajstić information content (AvgIpc) is 2.99. The molecule has 2 fully saturated rings. The van der Waals surface area contributed by atoms with E-state index in [4.69, 9.17) is 4.74 Å². The van der Waals surface area contributed by atoms with Gasteiger partial charge in [-0.15, -0.1) is 0 Å². The second-order valence-corrected chi connectivity index (χ2v) is 6.85. The Morgan fingerprint density at radius 1 is 1.21 bits per heavy atom. The minimum Gasteiger partial charge on any atom is -0.497 e. The molecule has 1 saturated heterocycles. The zero-order chi connectivity index (χ0) is 16.3. The van der Waals surface area contributed by atoms with Crippen molar-refractivity contribution in [3.8, 4) is 11.4 Å². The fraction of sp³-hybridized carbons (Fsp3) is 0.444. The van der Waals surface area contributed by atoms with Gasteiger partial charge in [-0.2, -0.15) is 5.10 Å². The lowest BCUT2D eigenvalue weighted by molar-refractivity contribution is 0.0697. The fourth-order valence-corrected chi connectivity index (χ4v) is 4.32. The van der Waals surface area contributed by atoms with E-state index in [0.29, 0.717) is 17.9 Å². The predicted octanol–water partition coefficient (Wildman–Crippen LogP) is 1.10. The molecule has 2 unspecified atom stereocenters. The molecule has 2 atom stereocenters. The molecule has 1 aliphatic carbocycles. The van der Waals surface area contributed by atoms with Crippen LogP contribution in [0.15, 0.2) is 30.5 Å². The Morgan fingerprint density at radius 3 is 2.67 bits per heavy atom. The van der Waals surface area contributed by atoms with Gasteiger partial charge in [0, 0.05) is 31.2 Å². The summed E-state index contributed by atoms with van der Waals surface area (Å²) < 4.78 is 6.99. The van der Waals surface area contributed by atoms with Gasteiger partial charge in [0.05, 0.1) is 19.0 Å². The molecule has 3 heterocycles. The van der Waals surface area contributed by atoms with Crippen LogP contribution in [0.4, 0.5) is 0 Å². The molecule has 2 aliphatic heterocycles. The number of amides is 1. The van der Waals surface area contributed by atoms with Crippen molar-refractivity contribution >= 4 is 5.91 Å². The third kappa shape index (κ3) is 1.92. The summed E-state index contributed by atoms with van der Waals surface area (Å²) in [6.45, 7) is 2.91. The van der Waals surface area contributed by atoms with Crippen molar-refractivity contribution < 1.29 is 9.53 Å². The smallest absolute Gasteiger partial charge is 0.273 e. The molecule has 1 saturated carbocycles. The number of rotatable bonds is 3. The molecule has 0 bridgehead atoms. The number of nitrogens with one attached hydrogen (secondary N) is 1. The predicted molar refractivity (Wildman–Crippen MR) is 88.5 cm³/mol. The lowest BCUT2D eigenvalue weighted by Gasteiger charge is -2.29. The zero-order valence-electron chi connectivity index (χ0n) is 13.6. The summed E-state index contributed by atoms with van der Waals surface area (Å²) in [4.78, 5) is 15.2. The minimum absolute atomic E-state index is 0.129. The Balaban J connectivity index is 1.48. The first-order valence-corrected chi connectivity index (χ1v) is 8.51. The van der Waals surface area contributed by atoms with Gasteiger partial charge < -0.3 is 15.0 Å². The number of carbonyl (C=O) groups is 1. The molecule has 1 N–H and O–H groups in total. The van der Waals surface area contributed by atoms with Gasteiger partial charge in [-0.05, 0) is 42.5 Å². The first kappa shape index (κ1) is 14.0. The van der Waals surface area contributed by atoms with Crippen molar-refractivity contribution in [1.82, 2.24) is 20.0 Å². The lowest BCUT2D eigenvalue weighted by Crippen LogP contribution is -2.43. The average molecular weight is 324 g/mol. The van der Waals surface area contributed by atoms with Crippen molar-refractivity contribution in [2.45, 2.75) is 12.5 Å². The van der Waals surface area contributed by atoms with Crippen LogP contribution in [-0.4, -0.2) is 53.4 Å². The van der Waals surface area contributed by atoms with E-state index in [-0.39, 0.29) is 5.91 Å². The minimum atomic E-state index is 0.129. The maximum atomic E-state index is 13.1. The third-order valence-electron chi connectivity index (χ3n) is 5.65. The SMILES string of the molecule is COc1ccc(-n2ncc3c2C(=O)N(C2C4CNCC42)CC3)cc1. The van der Waals surface area contributed by atoms with Crippen molar-refractivity contribution in [2.75, 3.05) is 26.7 Å². The van der Waals surface area contributed by atoms with Gasteiger partial charge in [0.25, 0.3) is 5.91 Å². The highest BCUT2D eigenvalue weighted by Gasteiger charge is 2.57. The normalized spacial score (nSPS) is 27.8. The molecular weight excluding hydrogens is 304 g/mol. The highest BCUT2D eigenvalue weighted by atomic mass is 16.5. The summed E-state index contributed by atoms with van der Waals surface area (Å²) in [5.74, 6) is 2.22. The van der Waals surface area contributed by atoms with Gasteiger partial charge in [0.15, 0.2) is 0 Å². The van der Waals surface area contributed by atoms with E-state index in [0.717, 1.165) is 48.7 Å². The maximum absolute atomic E-state index is 13.1. The molecule has 124 valence electrons. The largest absolute Gasteiger partial charge is 0.497 e. The summed E-state index contributed by atoms with van der Waals surface area (Å²) in [5, 5.41) is 7.88. The van der Waals surface area contributed by atoms with Crippen LogP contribution in [0.2, 0.25) is 0 Å². The number of piperidine rings is 1. The van der Waals surface area contributed by atoms with Crippen LogP contribution >= 0.6 is 0 Å². The van der Waals surface area contributed by atoms with Crippen molar-refractivity contribution in [1.29, 1.82) is 0 Å². The van der Waals surface area contributed by atoms with E-state index >= 15 is 0 Å². The van der Waals surface area contributed by atoms with Gasteiger partial charge in [-0.1, -0.05) is 0 Å². The lowest BCUT2D eigenvalue weighted by atomic mass is 10.1. The quantitative estimate of drug-likeness (QED) is 0.918.